The van der Waals surface area contributed by atoms with Crippen LogP contribution >= 0.6 is 0 Å². The summed E-state index contributed by atoms with van der Waals surface area (Å²) >= 11 is 0. The molecule has 0 N–H and O–H groups in total. The van der Waals surface area contributed by atoms with Gasteiger partial charge in [-0.05, 0) is 30.4 Å². The Labute approximate surface area is 72.6 Å². The molecule has 0 fully saturated rings. The summed E-state index contributed by atoms with van der Waals surface area (Å²) in [7, 11) is 0. The number of rotatable bonds is 0. The first-order valence-electron chi connectivity index (χ1n) is 4.23. The standard InChI is InChI=1S/C11H10N/c12-8-10-6-3-5-9-4-1-2-7-11(9)10/h1-2,4-5,7,10H,3,6H2. The molecule has 0 aliphatic heterocycles. The molecule has 0 saturated heterocycles. The van der Waals surface area contributed by atoms with Crippen LogP contribution in [0.25, 0.3) is 0 Å². The smallest absolute Gasteiger partial charge is 0.0715 e. The Balaban J connectivity index is 2.45. The van der Waals surface area contributed by atoms with E-state index in [1.54, 1.807) is 0 Å². The molecule has 0 heterocycles. The number of nitrogens with zero attached hydrogens (tertiary/aromatic N) is 1. The van der Waals surface area contributed by atoms with Gasteiger partial charge in [-0.1, -0.05) is 24.3 Å². The molecule has 0 spiro atoms. The Morgan fingerprint density at radius 1 is 1.33 bits per heavy atom. The quantitative estimate of drug-likeness (QED) is 0.566. The van der Waals surface area contributed by atoms with Crippen molar-refractivity contribution < 1.29 is 0 Å². The van der Waals surface area contributed by atoms with Crippen molar-refractivity contribution in [1.29, 1.82) is 5.26 Å². The van der Waals surface area contributed by atoms with Crippen LogP contribution in [-0.2, 0) is 0 Å². The minimum Gasteiger partial charge on any atom is -0.198 e. The zero-order valence-corrected chi connectivity index (χ0v) is 6.83. The van der Waals surface area contributed by atoms with Gasteiger partial charge in [0.1, 0.15) is 0 Å². The Morgan fingerprint density at radius 2 is 2.17 bits per heavy atom. The Kier molecular flexibility index (Phi) is 1.83. The van der Waals surface area contributed by atoms with E-state index in [0.29, 0.717) is 0 Å². The fraction of sp³-hybridized carbons (Fsp3) is 0.273. The molecule has 0 aromatic heterocycles. The highest BCUT2D eigenvalue weighted by Crippen LogP contribution is 2.31. The van der Waals surface area contributed by atoms with Gasteiger partial charge >= 0.3 is 0 Å². The van der Waals surface area contributed by atoms with Gasteiger partial charge in [-0.25, -0.2) is 0 Å². The maximum atomic E-state index is 8.87. The lowest BCUT2D eigenvalue weighted by Gasteiger charge is -2.19. The van der Waals surface area contributed by atoms with E-state index in [2.05, 4.69) is 24.6 Å². The summed E-state index contributed by atoms with van der Waals surface area (Å²) in [5.41, 5.74) is 2.45. The maximum absolute atomic E-state index is 8.87. The number of benzene rings is 1. The summed E-state index contributed by atoms with van der Waals surface area (Å²) < 4.78 is 0. The molecule has 1 radical (unpaired) electrons. The second kappa shape index (κ2) is 2.98. The lowest BCUT2D eigenvalue weighted by molar-refractivity contribution is 0.707. The number of hydrogen-bond donors (Lipinski definition) is 0. The predicted molar refractivity (Wildman–Crippen MR) is 47.4 cm³/mol. The minimum atomic E-state index is 0.117. The molecule has 1 aromatic carbocycles. The van der Waals surface area contributed by atoms with E-state index in [1.807, 2.05) is 12.1 Å². The van der Waals surface area contributed by atoms with Gasteiger partial charge < -0.3 is 0 Å². The lowest BCUT2D eigenvalue weighted by atomic mass is 9.84. The first-order chi connectivity index (χ1) is 5.92. The molecular weight excluding hydrogens is 146 g/mol. The van der Waals surface area contributed by atoms with E-state index in [9.17, 15) is 0 Å². The lowest BCUT2D eigenvalue weighted by Crippen LogP contribution is -2.05. The molecule has 0 bridgehead atoms. The van der Waals surface area contributed by atoms with Crippen LogP contribution in [0.2, 0.25) is 0 Å². The Bertz CT molecular complexity index is 322. The summed E-state index contributed by atoms with van der Waals surface area (Å²) in [6.07, 6.45) is 4.23. The summed E-state index contributed by atoms with van der Waals surface area (Å²) in [5, 5.41) is 8.87. The van der Waals surface area contributed by atoms with Crippen molar-refractivity contribution in [1.82, 2.24) is 0 Å². The van der Waals surface area contributed by atoms with Crippen molar-refractivity contribution in [2.24, 2.45) is 0 Å². The molecule has 1 heteroatoms. The van der Waals surface area contributed by atoms with E-state index >= 15 is 0 Å². The van der Waals surface area contributed by atoms with E-state index < -0.39 is 0 Å². The first-order valence-corrected chi connectivity index (χ1v) is 4.23. The van der Waals surface area contributed by atoms with Crippen LogP contribution in [0.5, 0.6) is 0 Å². The summed E-state index contributed by atoms with van der Waals surface area (Å²) in [6.45, 7) is 0. The van der Waals surface area contributed by atoms with Crippen molar-refractivity contribution in [3.05, 3.63) is 41.8 Å². The number of fused-ring (bicyclic) bond motifs is 1. The van der Waals surface area contributed by atoms with Gasteiger partial charge in [0.2, 0.25) is 0 Å². The fourth-order valence-corrected chi connectivity index (χ4v) is 1.71. The van der Waals surface area contributed by atoms with Crippen LogP contribution in [0.4, 0.5) is 0 Å². The van der Waals surface area contributed by atoms with Crippen LogP contribution in [0, 0.1) is 17.8 Å². The highest BCUT2D eigenvalue weighted by molar-refractivity contribution is 5.40. The molecule has 1 aliphatic carbocycles. The molecule has 1 nitrogen and oxygen atoms in total. The van der Waals surface area contributed by atoms with E-state index in [-0.39, 0.29) is 5.92 Å². The molecule has 12 heavy (non-hydrogen) atoms. The van der Waals surface area contributed by atoms with Crippen LogP contribution in [0.1, 0.15) is 29.9 Å². The summed E-state index contributed by atoms with van der Waals surface area (Å²) in [6, 6.07) is 10.5. The molecule has 1 aliphatic rings. The van der Waals surface area contributed by atoms with E-state index in [1.165, 1.54) is 11.1 Å². The van der Waals surface area contributed by atoms with E-state index in [4.69, 9.17) is 5.26 Å². The second-order valence-electron chi connectivity index (χ2n) is 3.09. The third-order valence-corrected chi connectivity index (χ3v) is 2.35. The molecule has 1 unspecified atom stereocenters. The van der Waals surface area contributed by atoms with Gasteiger partial charge in [0.25, 0.3) is 0 Å². The van der Waals surface area contributed by atoms with E-state index in [0.717, 1.165) is 12.8 Å². The fourth-order valence-electron chi connectivity index (χ4n) is 1.71. The highest BCUT2D eigenvalue weighted by atomic mass is 14.3. The SMILES string of the molecule is N#CC1CC[CH]c2ccccc21. The van der Waals surface area contributed by atoms with Crippen molar-refractivity contribution in [3.63, 3.8) is 0 Å². The molecule has 2 rings (SSSR count). The van der Waals surface area contributed by atoms with Gasteiger partial charge in [0.15, 0.2) is 0 Å². The van der Waals surface area contributed by atoms with Crippen LogP contribution in [0.3, 0.4) is 0 Å². The molecule has 0 saturated carbocycles. The zero-order chi connectivity index (χ0) is 8.39. The zero-order valence-electron chi connectivity index (χ0n) is 6.83. The van der Waals surface area contributed by atoms with Gasteiger partial charge in [-0.2, -0.15) is 5.26 Å². The van der Waals surface area contributed by atoms with Gasteiger partial charge in [0.05, 0.1) is 12.0 Å². The normalized spacial score (nSPS) is 21.1. The second-order valence-corrected chi connectivity index (χ2v) is 3.09. The van der Waals surface area contributed by atoms with Crippen molar-refractivity contribution in [3.8, 4) is 6.07 Å². The number of nitriles is 1. The molecule has 1 atom stereocenters. The average molecular weight is 156 g/mol. The van der Waals surface area contributed by atoms with Crippen molar-refractivity contribution in [2.75, 3.05) is 0 Å². The minimum absolute atomic E-state index is 0.117. The third kappa shape index (κ3) is 1.10. The molecule has 1 aromatic rings. The maximum Gasteiger partial charge on any atom is 0.0715 e. The van der Waals surface area contributed by atoms with Crippen molar-refractivity contribution >= 4 is 0 Å². The van der Waals surface area contributed by atoms with Gasteiger partial charge in [-0.3, -0.25) is 0 Å². The largest absolute Gasteiger partial charge is 0.198 e. The number of hydrogen-bond acceptors (Lipinski definition) is 1. The Hall–Kier alpha value is -1.29. The van der Waals surface area contributed by atoms with Crippen LogP contribution in [0.15, 0.2) is 24.3 Å². The van der Waals surface area contributed by atoms with Crippen LogP contribution < -0.4 is 0 Å². The third-order valence-electron chi connectivity index (χ3n) is 2.35. The first kappa shape index (κ1) is 7.36. The average Bonchev–Trinajstić information content (AvgIpc) is 2.17. The monoisotopic (exact) mass is 156 g/mol. The van der Waals surface area contributed by atoms with Gasteiger partial charge in [0, 0.05) is 0 Å². The summed E-state index contributed by atoms with van der Waals surface area (Å²) in [5.74, 6) is 0.117. The van der Waals surface area contributed by atoms with Crippen molar-refractivity contribution in [2.45, 2.75) is 18.8 Å². The predicted octanol–water partition coefficient (Wildman–Crippen LogP) is 2.64. The van der Waals surface area contributed by atoms with Crippen LogP contribution in [-0.4, -0.2) is 0 Å². The molecule has 0 amide bonds. The molecule has 59 valence electrons. The molecular formula is C11H10N. The highest BCUT2D eigenvalue weighted by Gasteiger charge is 2.18. The topological polar surface area (TPSA) is 23.8 Å². The Morgan fingerprint density at radius 3 is 3.00 bits per heavy atom. The van der Waals surface area contributed by atoms with Gasteiger partial charge in [-0.15, -0.1) is 0 Å². The summed E-state index contributed by atoms with van der Waals surface area (Å²) in [4.78, 5) is 0.